The third kappa shape index (κ3) is 9.57. The van der Waals surface area contributed by atoms with Gasteiger partial charge in [-0.25, -0.2) is 9.59 Å². The van der Waals surface area contributed by atoms with Gasteiger partial charge in [0.25, 0.3) is 5.91 Å². The lowest BCUT2D eigenvalue weighted by Gasteiger charge is -2.46. The number of rotatable bonds is 3. The van der Waals surface area contributed by atoms with E-state index < -0.39 is 24.3 Å². The van der Waals surface area contributed by atoms with Crippen molar-refractivity contribution in [2.75, 3.05) is 31.1 Å². The number of carboxylic acids is 2. The first-order valence-electron chi connectivity index (χ1n) is 10.8. The highest BCUT2D eigenvalue weighted by Gasteiger charge is 2.43. The van der Waals surface area contributed by atoms with Crippen molar-refractivity contribution in [3.8, 4) is 0 Å². The fraction of sp³-hybridized carbons (Fsp3) is 0.455. The first-order valence-corrected chi connectivity index (χ1v) is 11.8. The number of halogens is 6. The van der Waals surface area contributed by atoms with Crippen molar-refractivity contribution >= 4 is 34.9 Å². The number of hydrogen-bond donors (Lipinski definition) is 2. The number of aliphatic carboxylic acids is 2. The van der Waals surface area contributed by atoms with E-state index in [4.69, 9.17) is 24.5 Å². The molecule has 2 aliphatic heterocycles. The molecule has 0 aromatic carbocycles. The number of carbonyl (C=O) groups is 3. The molecule has 4 rings (SSSR count). The van der Waals surface area contributed by atoms with Gasteiger partial charge >= 0.3 is 24.3 Å². The van der Waals surface area contributed by atoms with Crippen LogP contribution in [0, 0.1) is 0 Å². The summed E-state index contributed by atoms with van der Waals surface area (Å²) in [6, 6.07) is 6.11. The zero-order chi connectivity index (χ0) is 28.6. The topological polar surface area (TPSA) is 120 Å². The van der Waals surface area contributed by atoms with E-state index in [-0.39, 0.29) is 18.1 Å². The standard InChI is InChI=1S/C18H21N3O2S.2C2HF3O2/c22-17-12-23-18(14-21(17)16-3-9-24-13-16)4-7-20(8-5-18)11-15-2-1-6-19-10-15;2*3-2(4,5)1(6)7/h1-3,6,9-10,13H,4-5,7-8,11-12,14H2;2*(H,6,7). The van der Waals surface area contributed by atoms with Crippen LogP contribution in [0.1, 0.15) is 18.4 Å². The van der Waals surface area contributed by atoms with Gasteiger partial charge in [0, 0.05) is 37.4 Å². The zero-order valence-electron chi connectivity index (χ0n) is 19.5. The van der Waals surface area contributed by atoms with Gasteiger partial charge in [0.1, 0.15) is 6.61 Å². The maximum atomic E-state index is 12.2. The Morgan fingerprint density at radius 3 is 2.08 bits per heavy atom. The number of amides is 1. The summed E-state index contributed by atoms with van der Waals surface area (Å²) in [4.78, 5) is 38.5. The van der Waals surface area contributed by atoms with Gasteiger partial charge in [-0.15, -0.1) is 0 Å². The van der Waals surface area contributed by atoms with Gasteiger partial charge in [-0.3, -0.25) is 14.7 Å². The van der Waals surface area contributed by atoms with Gasteiger partial charge in [0.15, 0.2) is 0 Å². The Kier molecular flexibility index (Phi) is 10.6. The van der Waals surface area contributed by atoms with Gasteiger partial charge in [0.2, 0.25) is 0 Å². The average Bonchev–Trinajstić information content (AvgIpc) is 3.38. The number of alkyl halides is 6. The highest BCUT2D eigenvalue weighted by Crippen LogP contribution is 2.33. The smallest absolute Gasteiger partial charge is 0.475 e. The van der Waals surface area contributed by atoms with E-state index in [0.29, 0.717) is 6.54 Å². The minimum absolute atomic E-state index is 0.0665. The molecule has 2 fully saturated rings. The fourth-order valence-electron chi connectivity index (χ4n) is 3.53. The van der Waals surface area contributed by atoms with Gasteiger partial charge in [-0.1, -0.05) is 6.07 Å². The number of ether oxygens (including phenoxy) is 1. The minimum Gasteiger partial charge on any atom is -0.475 e. The van der Waals surface area contributed by atoms with Gasteiger partial charge < -0.3 is 19.8 Å². The Balaban J connectivity index is 0.000000301. The third-order valence-corrected chi connectivity index (χ3v) is 6.12. The summed E-state index contributed by atoms with van der Waals surface area (Å²) in [6.45, 7) is 3.76. The first kappa shape index (κ1) is 31.0. The number of carboxylic acid groups (broad SMARTS) is 2. The van der Waals surface area contributed by atoms with Crippen LogP contribution in [0.5, 0.6) is 0 Å². The zero-order valence-corrected chi connectivity index (χ0v) is 20.4. The monoisotopic (exact) mass is 571 g/mol. The Morgan fingerprint density at radius 1 is 1.05 bits per heavy atom. The van der Waals surface area contributed by atoms with Crippen LogP contribution in [0.4, 0.5) is 32.0 Å². The average molecular weight is 571 g/mol. The molecule has 0 unspecified atom stereocenters. The number of hydrogen-bond acceptors (Lipinski definition) is 7. The summed E-state index contributed by atoms with van der Waals surface area (Å²) in [5.74, 6) is -5.45. The van der Waals surface area contributed by atoms with Crippen LogP contribution in [-0.4, -0.2) is 82.1 Å². The van der Waals surface area contributed by atoms with Crippen molar-refractivity contribution in [3.63, 3.8) is 0 Å². The third-order valence-electron chi connectivity index (χ3n) is 5.45. The van der Waals surface area contributed by atoms with Crippen molar-refractivity contribution in [3.05, 3.63) is 46.9 Å². The van der Waals surface area contributed by atoms with E-state index in [9.17, 15) is 31.1 Å². The molecule has 2 saturated heterocycles. The van der Waals surface area contributed by atoms with Gasteiger partial charge in [-0.2, -0.15) is 37.7 Å². The van der Waals surface area contributed by atoms with E-state index in [1.165, 1.54) is 5.56 Å². The highest BCUT2D eigenvalue weighted by atomic mass is 32.1. The number of pyridine rings is 1. The molecule has 16 heteroatoms. The number of likely N-dealkylation sites (tertiary alicyclic amines) is 1. The van der Waals surface area contributed by atoms with Crippen LogP contribution in [0.3, 0.4) is 0 Å². The van der Waals surface area contributed by atoms with Crippen LogP contribution >= 0.6 is 11.3 Å². The van der Waals surface area contributed by atoms with E-state index in [1.54, 1.807) is 17.5 Å². The molecule has 2 aliphatic rings. The van der Waals surface area contributed by atoms with Crippen LogP contribution in [0.15, 0.2) is 41.4 Å². The minimum atomic E-state index is -5.08. The number of thiophene rings is 1. The van der Waals surface area contributed by atoms with E-state index >= 15 is 0 Å². The maximum Gasteiger partial charge on any atom is 0.490 e. The van der Waals surface area contributed by atoms with Crippen LogP contribution in [0.2, 0.25) is 0 Å². The lowest BCUT2D eigenvalue weighted by molar-refractivity contribution is -0.193. The molecule has 0 saturated carbocycles. The number of morpholine rings is 1. The van der Waals surface area contributed by atoms with E-state index in [2.05, 4.69) is 16.0 Å². The molecule has 2 N–H and O–H groups in total. The summed E-state index contributed by atoms with van der Waals surface area (Å²) in [6.07, 6.45) is -4.51. The van der Waals surface area contributed by atoms with Crippen molar-refractivity contribution in [1.82, 2.24) is 9.88 Å². The molecule has 0 atom stereocenters. The maximum absolute atomic E-state index is 12.2. The van der Waals surface area contributed by atoms with Crippen molar-refractivity contribution < 1.29 is 55.7 Å². The Morgan fingerprint density at radius 2 is 1.63 bits per heavy atom. The second-order valence-electron chi connectivity index (χ2n) is 8.18. The molecule has 2 aromatic heterocycles. The molecular weight excluding hydrogens is 548 g/mol. The predicted octanol–water partition coefficient (Wildman–Crippen LogP) is 3.81. The SMILES string of the molecule is O=C(O)C(F)(F)F.O=C(O)C(F)(F)F.O=C1COC2(CCN(Cc3cccnc3)CC2)CN1c1ccsc1. The quantitative estimate of drug-likeness (QED) is 0.534. The summed E-state index contributed by atoms with van der Waals surface area (Å²) >= 11 is 1.62. The molecule has 4 heterocycles. The highest BCUT2D eigenvalue weighted by molar-refractivity contribution is 7.08. The van der Waals surface area contributed by atoms with Crippen LogP contribution in [0.25, 0.3) is 0 Å². The summed E-state index contributed by atoms with van der Waals surface area (Å²) in [7, 11) is 0. The molecule has 38 heavy (non-hydrogen) atoms. The second kappa shape index (κ2) is 13.0. The van der Waals surface area contributed by atoms with Crippen molar-refractivity contribution in [2.45, 2.75) is 37.3 Å². The largest absolute Gasteiger partial charge is 0.490 e. The predicted molar refractivity (Wildman–Crippen MR) is 121 cm³/mol. The Bertz CT molecular complexity index is 1030. The molecule has 0 bridgehead atoms. The Hall–Kier alpha value is -3.24. The number of anilines is 1. The summed E-state index contributed by atoms with van der Waals surface area (Å²) in [5.41, 5.74) is 2.06. The number of nitrogens with zero attached hydrogens (tertiary/aromatic N) is 3. The molecular formula is C22H23F6N3O6S. The molecule has 210 valence electrons. The van der Waals surface area contributed by atoms with E-state index in [0.717, 1.165) is 38.2 Å². The van der Waals surface area contributed by atoms with Crippen LogP contribution < -0.4 is 4.90 Å². The molecule has 1 spiro atoms. The number of carbonyl (C=O) groups excluding carboxylic acids is 1. The van der Waals surface area contributed by atoms with Crippen LogP contribution in [-0.2, 0) is 25.7 Å². The van der Waals surface area contributed by atoms with Gasteiger partial charge in [-0.05, 0) is 35.9 Å². The lowest BCUT2D eigenvalue weighted by atomic mass is 9.89. The molecule has 0 radical (unpaired) electrons. The number of piperidine rings is 1. The molecule has 0 aliphatic carbocycles. The normalized spacial score (nSPS) is 17.6. The van der Waals surface area contributed by atoms with Crippen molar-refractivity contribution in [2.24, 2.45) is 0 Å². The number of aromatic nitrogens is 1. The molecule has 1 amide bonds. The second-order valence-corrected chi connectivity index (χ2v) is 8.96. The summed E-state index contributed by atoms with van der Waals surface area (Å²) < 4.78 is 69.5. The molecule has 2 aromatic rings. The fourth-order valence-corrected chi connectivity index (χ4v) is 4.17. The van der Waals surface area contributed by atoms with Crippen molar-refractivity contribution in [1.29, 1.82) is 0 Å². The molecule has 9 nitrogen and oxygen atoms in total. The first-order chi connectivity index (χ1) is 17.6. The summed E-state index contributed by atoms with van der Waals surface area (Å²) in [5, 5.41) is 18.3. The van der Waals surface area contributed by atoms with Gasteiger partial charge in [0.05, 0.1) is 17.8 Å². The van der Waals surface area contributed by atoms with E-state index in [1.807, 2.05) is 34.0 Å². The Labute approximate surface area is 216 Å². The lowest BCUT2D eigenvalue weighted by Crippen LogP contribution is -2.58.